The molecule has 170 valence electrons. The van der Waals surface area contributed by atoms with Gasteiger partial charge in [0, 0.05) is 44.5 Å². The lowest BCUT2D eigenvalue weighted by Gasteiger charge is -2.34. The molecular formula is C24H23Cl2N5O2. The number of halogens is 2. The number of rotatable bonds is 5. The third-order valence-corrected chi connectivity index (χ3v) is 6.73. The van der Waals surface area contributed by atoms with Crippen LogP contribution in [0.5, 0.6) is 0 Å². The Bertz CT molecular complexity index is 1290. The maximum Gasteiger partial charge on any atom is 0.244 e. The van der Waals surface area contributed by atoms with E-state index in [2.05, 4.69) is 15.0 Å². The highest BCUT2D eigenvalue weighted by Crippen LogP contribution is 2.30. The zero-order valence-electron chi connectivity index (χ0n) is 18.2. The fourth-order valence-electron chi connectivity index (χ4n) is 4.31. The fourth-order valence-corrected chi connectivity index (χ4v) is 4.63. The Morgan fingerprint density at radius 2 is 1.91 bits per heavy atom. The lowest BCUT2D eigenvalue weighted by Crippen LogP contribution is -2.49. The summed E-state index contributed by atoms with van der Waals surface area (Å²) in [5, 5.41) is 6.64. The highest BCUT2D eigenvalue weighted by Gasteiger charge is 2.23. The van der Waals surface area contributed by atoms with Gasteiger partial charge in [-0.3, -0.25) is 9.69 Å². The summed E-state index contributed by atoms with van der Waals surface area (Å²) < 4.78 is 7.27. The Hall–Kier alpha value is -2.87. The lowest BCUT2D eigenvalue weighted by molar-refractivity contribution is -0.133. The Morgan fingerprint density at radius 3 is 2.64 bits per heavy atom. The van der Waals surface area contributed by atoms with Crippen LogP contribution in [-0.4, -0.2) is 56.7 Å². The van der Waals surface area contributed by atoms with Crippen LogP contribution in [0, 0.1) is 6.92 Å². The number of carbonyl (C=O) groups is 1. The SMILES string of the molecule is Cc1nn(CC(=O)N2CCN(Cc3ccc(Cl)c(Cl)c3)CC2)c2nccc(-c3ccco3)c12. The maximum absolute atomic E-state index is 13.0. The van der Waals surface area contributed by atoms with Crippen molar-refractivity contribution in [2.45, 2.75) is 20.0 Å². The maximum atomic E-state index is 13.0. The highest BCUT2D eigenvalue weighted by atomic mass is 35.5. The van der Waals surface area contributed by atoms with Crippen molar-refractivity contribution in [2.75, 3.05) is 26.2 Å². The summed E-state index contributed by atoms with van der Waals surface area (Å²) in [6, 6.07) is 11.4. The summed E-state index contributed by atoms with van der Waals surface area (Å²) in [4.78, 5) is 21.8. The molecule has 1 aliphatic rings. The summed E-state index contributed by atoms with van der Waals surface area (Å²) in [6.45, 7) is 5.80. The molecular weight excluding hydrogens is 461 g/mol. The van der Waals surface area contributed by atoms with Gasteiger partial charge in [-0.2, -0.15) is 5.10 Å². The van der Waals surface area contributed by atoms with Gasteiger partial charge in [-0.1, -0.05) is 29.3 Å². The first kappa shape index (κ1) is 21.9. The van der Waals surface area contributed by atoms with Crippen molar-refractivity contribution in [3.05, 3.63) is 70.2 Å². The minimum Gasteiger partial charge on any atom is -0.464 e. The molecule has 3 aromatic heterocycles. The minimum atomic E-state index is 0.0405. The van der Waals surface area contributed by atoms with Gasteiger partial charge in [0.15, 0.2) is 5.65 Å². The van der Waals surface area contributed by atoms with E-state index in [4.69, 9.17) is 27.6 Å². The number of carbonyl (C=O) groups excluding carboxylic acids is 1. The molecule has 0 bridgehead atoms. The highest BCUT2D eigenvalue weighted by molar-refractivity contribution is 6.42. The van der Waals surface area contributed by atoms with Crippen LogP contribution in [0.25, 0.3) is 22.4 Å². The molecule has 1 aromatic carbocycles. The molecule has 0 radical (unpaired) electrons. The Morgan fingerprint density at radius 1 is 1.09 bits per heavy atom. The molecule has 4 aromatic rings. The van der Waals surface area contributed by atoms with Crippen LogP contribution in [0.3, 0.4) is 0 Å². The molecule has 7 nitrogen and oxygen atoms in total. The zero-order valence-corrected chi connectivity index (χ0v) is 19.7. The number of amides is 1. The van der Waals surface area contributed by atoms with E-state index >= 15 is 0 Å². The first-order valence-corrected chi connectivity index (χ1v) is 11.6. The standard InChI is InChI=1S/C24H23Cl2N5O2/c1-16-23-18(21-3-2-12-33-21)6-7-27-24(23)31(28-16)15-22(32)30-10-8-29(9-11-30)14-17-4-5-19(25)20(26)13-17/h2-7,12-13H,8-11,14-15H2,1H3. The van der Waals surface area contributed by atoms with Gasteiger partial charge in [-0.05, 0) is 42.8 Å². The van der Waals surface area contributed by atoms with Crippen LogP contribution in [0.15, 0.2) is 53.3 Å². The van der Waals surface area contributed by atoms with Crippen molar-refractivity contribution in [3.8, 4) is 11.3 Å². The number of fused-ring (bicyclic) bond motifs is 1. The first-order chi connectivity index (χ1) is 16.0. The van der Waals surface area contributed by atoms with Crippen LogP contribution in [-0.2, 0) is 17.9 Å². The van der Waals surface area contributed by atoms with Gasteiger partial charge in [-0.25, -0.2) is 9.67 Å². The summed E-state index contributed by atoms with van der Waals surface area (Å²) in [6.07, 6.45) is 3.37. The van der Waals surface area contributed by atoms with Crippen molar-refractivity contribution >= 4 is 40.1 Å². The lowest BCUT2D eigenvalue weighted by atomic mass is 10.1. The van der Waals surface area contributed by atoms with Gasteiger partial charge in [0.2, 0.25) is 5.91 Å². The van der Waals surface area contributed by atoms with Gasteiger partial charge in [0.05, 0.1) is 27.4 Å². The topological polar surface area (TPSA) is 67.4 Å². The number of nitrogens with zero attached hydrogens (tertiary/aromatic N) is 5. The molecule has 1 saturated heterocycles. The van der Waals surface area contributed by atoms with Crippen molar-refractivity contribution in [3.63, 3.8) is 0 Å². The van der Waals surface area contributed by atoms with Crippen LogP contribution in [0.4, 0.5) is 0 Å². The normalized spacial score (nSPS) is 14.8. The van der Waals surface area contributed by atoms with E-state index in [9.17, 15) is 4.79 Å². The predicted molar refractivity (Wildman–Crippen MR) is 128 cm³/mol. The zero-order chi connectivity index (χ0) is 22.9. The average Bonchev–Trinajstić information content (AvgIpc) is 3.46. The smallest absolute Gasteiger partial charge is 0.244 e. The summed E-state index contributed by atoms with van der Waals surface area (Å²) in [5.74, 6) is 0.799. The number of hydrogen-bond donors (Lipinski definition) is 0. The average molecular weight is 484 g/mol. The molecule has 33 heavy (non-hydrogen) atoms. The van der Waals surface area contributed by atoms with Crippen molar-refractivity contribution < 1.29 is 9.21 Å². The molecule has 1 fully saturated rings. The third-order valence-electron chi connectivity index (χ3n) is 5.99. The van der Waals surface area contributed by atoms with E-state index in [1.807, 2.05) is 48.2 Å². The molecule has 4 heterocycles. The molecule has 1 amide bonds. The molecule has 1 aliphatic heterocycles. The Labute approximate surface area is 201 Å². The number of aromatic nitrogens is 3. The van der Waals surface area contributed by atoms with Gasteiger partial charge in [0.1, 0.15) is 12.3 Å². The Kier molecular flexibility index (Phi) is 6.10. The van der Waals surface area contributed by atoms with Crippen molar-refractivity contribution in [2.24, 2.45) is 0 Å². The van der Waals surface area contributed by atoms with E-state index in [0.29, 0.717) is 28.8 Å². The van der Waals surface area contributed by atoms with Gasteiger partial charge in [-0.15, -0.1) is 0 Å². The van der Waals surface area contributed by atoms with Crippen LogP contribution < -0.4 is 0 Å². The molecule has 9 heteroatoms. The molecule has 0 atom stereocenters. The second-order valence-electron chi connectivity index (χ2n) is 8.18. The van der Waals surface area contributed by atoms with E-state index in [1.165, 1.54) is 0 Å². The first-order valence-electron chi connectivity index (χ1n) is 10.8. The number of benzene rings is 1. The third kappa shape index (κ3) is 4.49. The summed E-state index contributed by atoms with van der Waals surface area (Å²) in [5.41, 5.74) is 3.55. The van der Waals surface area contributed by atoms with E-state index in [0.717, 1.165) is 47.6 Å². The van der Waals surface area contributed by atoms with E-state index in [-0.39, 0.29) is 12.5 Å². The second kappa shape index (κ2) is 9.17. The van der Waals surface area contributed by atoms with E-state index < -0.39 is 0 Å². The number of furan rings is 1. The predicted octanol–water partition coefficient (Wildman–Crippen LogP) is 4.65. The second-order valence-corrected chi connectivity index (χ2v) is 9.00. The van der Waals surface area contributed by atoms with Crippen LogP contribution >= 0.6 is 23.2 Å². The molecule has 0 aliphatic carbocycles. The number of piperazine rings is 1. The fraction of sp³-hybridized carbons (Fsp3) is 0.292. The minimum absolute atomic E-state index is 0.0405. The van der Waals surface area contributed by atoms with Gasteiger partial charge in [0.25, 0.3) is 0 Å². The van der Waals surface area contributed by atoms with Crippen molar-refractivity contribution in [1.29, 1.82) is 0 Å². The summed E-state index contributed by atoms with van der Waals surface area (Å²) in [7, 11) is 0. The molecule has 5 rings (SSSR count). The number of pyridine rings is 1. The number of aryl methyl sites for hydroxylation is 1. The van der Waals surface area contributed by atoms with Crippen molar-refractivity contribution in [1.82, 2.24) is 24.6 Å². The molecule has 0 unspecified atom stereocenters. The van der Waals surface area contributed by atoms with Crippen LogP contribution in [0.2, 0.25) is 10.0 Å². The quantitative estimate of drug-likeness (QED) is 0.413. The monoisotopic (exact) mass is 483 g/mol. The van der Waals surface area contributed by atoms with Crippen LogP contribution in [0.1, 0.15) is 11.3 Å². The van der Waals surface area contributed by atoms with Gasteiger partial charge >= 0.3 is 0 Å². The molecule has 0 spiro atoms. The van der Waals surface area contributed by atoms with Gasteiger partial charge < -0.3 is 9.32 Å². The molecule has 0 N–H and O–H groups in total. The van der Waals surface area contributed by atoms with E-state index in [1.54, 1.807) is 17.1 Å². The molecule has 0 saturated carbocycles. The Balaban J connectivity index is 1.25. The number of hydrogen-bond acceptors (Lipinski definition) is 5. The summed E-state index contributed by atoms with van der Waals surface area (Å²) >= 11 is 12.1. The largest absolute Gasteiger partial charge is 0.464 e.